The number of Topliss-reactive ketones (excluding diaryl/α,β-unsaturated/α-hetero) is 4. The number of ketones is 4. The number of hydrogen-bond acceptors (Lipinski definition) is 13. The van der Waals surface area contributed by atoms with Gasteiger partial charge in [-0.05, 0) is 96.9 Å². The summed E-state index contributed by atoms with van der Waals surface area (Å²) in [4.78, 5) is 104. The molecular formula is C81H94N4O13V2. The number of amides is 3. The third-order valence-electron chi connectivity index (χ3n) is 16.4. The van der Waals surface area contributed by atoms with Crippen molar-refractivity contribution < 1.29 is 99.5 Å². The molecule has 2 aliphatic rings. The Morgan fingerprint density at radius 2 is 0.650 bits per heavy atom. The number of rotatable bonds is 31. The Morgan fingerprint density at radius 1 is 0.390 bits per heavy atom. The predicted octanol–water partition coefficient (Wildman–Crippen LogP) is 12.7. The fourth-order valence-corrected chi connectivity index (χ4v) is 10.6. The summed E-state index contributed by atoms with van der Waals surface area (Å²) in [6.45, 7) is 4.45. The second-order valence-corrected chi connectivity index (χ2v) is 24.2. The molecule has 2 radical (unpaired) electrons. The van der Waals surface area contributed by atoms with Crippen LogP contribution in [0, 0.1) is 11.8 Å². The molecule has 10 rings (SSSR count). The maximum atomic E-state index is 14.0. The summed E-state index contributed by atoms with van der Waals surface area (Å²) in [7, 11) is 0. The van der Waals surface area contributed by atoms with Crippen molar-refractivity contribution in [3.8, 4) is 0 Å². The fraction of sp³-hybridized carbons (Fsp3) is 0.309. The smallest absolute Gasteiger partial charge is 0.408 e. The molecule has 0 saturated carbocycles. The van der Waals surface area contributed by atoms with Gasteiger partial charge < -0.3 is 45.7 Å². The Morgan fingerprint density at radius 3 is 0.960 bits per heavy atom. The van der Waals surface area contributed by atoms with E-state index in [0.29, 0.717) is 26.1 Å². The largest absolute Gasteiger partial charge is 0.481 e. The van der Waals surface area contributed by atoms with Gasteiger partial charge in [0, 0.05) is 55.9 Å². The Hall–Kier alpha value is -9.03. The molecule has 4 unspecified atom stereocenters. The molecule has 100 heavy (non-hydrogen) atoms. The summed E-state index contributed by atoms with van der Waals surface area (Å²) in [6.07, 6.45) is 0.0649. The summed E-state index contributed by atoms with van der Waals surface area (Å²) in [5, 5.41) is 18.0. The first-order valence-corrected chi connectivity index (χ1v) is 31.8. The summed E-state index contributed by atoms with van der Waals surface area (Å²) >= 11 is 0. The Balaban J connectivity index is 0.000000427. The van der Waals surface area contributed by atoms with Gasteiger partial charge >= 0.3 is 18.2 Å². The normalized spacial score (nSPS) is 16.0. The van der Waals surface area contributed by atoms with Crippen molar-refractivity contribution in [2.75, 3.05) is 13.2 Å². The van der Waals surface area contributed by atoms with Crippen LogP contribution in [0.5, 0.6) is 0 Å². The minimum absolute atomic E-state index is 0. The van der Waals surface area contributed by atoms with E-state index in [-0.39, 0.29) is 134 Å². The van der Waals surface area contributed by atoms with Gasteiger partial charge in [-0.2, -0.15) is 0 Å². The molecule has 19 heteroatoms. The number of hydrogen-bond donors (Lipinski definition) is 5. The van der Waals surface area contributed by atoms with Crippen LogP contribution >= 0.6 is 0 Å². The number of ether oxygens (including phenoxy) is 4. The van der Waals surface area contributed by atoms with E-state index >= 15 is 0 Å². The molecule has 0 aliphatic carbocycles. The third kappa shape index (κ3) is 28.7. The van der Waals surface area contributed by atoms with E-state index in [4.69, 9.17) is 24.7 Å². The zero-order valence-corrected chi connectivity index (χ0v) is 57.2. The second kappa shape index (κ2) is 43.5. The van der Waals surface area contributed by atoms with E-state index in [0.717, 1.165) is 44.5 Å². The molecule has 0 bridgehead atoms. The van der Waals surface area contributed by atoms with Crippen LogP contribution in [0.15, 0.2) is 243 Å². The van der Waals surface area contributed by atoms with Crippen molar-refractivity contribution in [1.29, 1.82) is 0 Å². The maximum Gasteiger partial charge on any atom is 0.408 e. The van der Waals surface area contributed by atoms with E-state index in [1.54, 1.807) is 13.8 Å². The van der Waals surface area contributed by atoms with Crippen LogP contribution < -0.4 is 21.7 Å². The van der Waals surface area contributed by atoms with Crippen LogP contribution in [0.4, 0.5) is 9.59 Å². The van der Waals surface area contributed by atoms with Gasteiger partial charge in [-0.3, -0.25) is 28.8 Å². The van der Waals surface area contributed by atoms with Gasteiger partial charge in [-0.15, -0.1) is 0 Å². The summed E-state index contributed by atoms with van der Waals surface area (Å²) in [5.74, 6) is -4.01. The standard InChI is InChI=1S/C39H40N2O6.C27H27NO5.C12H15NO2.3CH4.2V/c1-39(27-47-39)36(43)34(24-30-18-10-4-11-19-30)40-37(44)32(22-28-14-6-2-7-15-28)25-35(42)33(23-29-16-8-3-9-17-29)41-38(45)46-26-31-20-12-5-13-21-31;29-25(18-23(26(30)31)16-20-10-4-1-5-11-20)24(17-21-12-6-2-7-13-21)28-27(32)33-19-22-14-8-3-9-15-22;1-12(8-15-12)11(14)10(13)7-9-5-3-2-4-6-9;;;;;/h2-21,32-34H,22-27H2,1H3,(H,40,44)(H,41,45);1-15,23-24H,16-19H2,(H,28,32)(H,30,31);2-6,10H,7-8,13H2,1H3;3*1H4;;/t32?,33-,34+,39?;23?,24-;10-,12?;;;;;/m110...../s1. The van der Waals surface area contributed by atoms with Gasteiger partial charge in [0.1, 0.15) is 24.4 Å². The third-order valence-corrected chi connectivity index (χ3v) is 16.4. The average molecular weight is 1430 g/mol. The molecule has 2 heterocycles. The summed E-state index contributed by atoms with van der Waals surface area (Å²) in [5.41, 5.74) is 11.3. The maximum absolute atomic E-state index is 14.0. The molecular weight excluding hydrogens is 1340 g/mol. The van der Waals surface area contributed by atoms with Crippen molar-refractivity contribution >= 4 is 47.2 Å². The summed E-state index contributed by atoms with van der Waals surface area (Å²) < 4.78 is 21.2. The molecule has 526 valence electrons. The van der Waals surface area contributed by atoms with Crippen LogP contribution in [-0.2, 0) is 137 Å². The van der Waals surface area contributed by atoms with Crippen LogP contribution in [-0.4, -0.2) is 101 Å². The molecule has 0 aromatic heterocycles. The van der Waals surface area contributed by atoms with E-state index < -0.39 is 71.3 Å². The number of nitrogens with two attached hydrogens (primary N) is 1. The number of alkyl carbamates (subject to hydrolysis) is 2. The van der Waals surface area contributed by atoms with E-state index in [1.165, 1.54) is 0 Å². The number of carbonyl (C=O) groups excluding carboxylic acids is 7. The quantitative estimate of drug-likeness (QED) is 0.0253. The predicted molar refractivity (Wildman–Crippen MR) is 381 cm³/mol. The first-order valence-electron chi connectivity index (χ1n) is 31.8. The Labute approximate surface area is 612 Å². The zero-order chi connectivity index (χ0) is 67.4. The Bertz CT molecular complexity index is 3750. The molecule has 3 amide bonds. The number of carboxylic acid groups (broad SMARTS) is 1. The average Bonchev–Trinajstić information content (AvgIpc) is 1.55. The molecule has 8 aromatic carbocycles. The molecule has 17 nitrogen and oxygen atoms in total. The van der Waals surface area contributed by atoms with E-state index in [2.05, 4.69) is 16.0 Å². The van der Waals surface area contributed by atoms with Crippen LogP contribution in [0.3, 0.4) is 0 Å². The van der Waals surface area contributed by atoms with Crippen LogP contribution in [0.25, 0.3) is 0 Å². The van der Waals surface area contributed by atoms with Gasteiger partial charge in [0.25, 0.3) is 0 Å². The van der Waals surface area contributed by atoms with E-state index in [1.807, 2.05) is 243 Å². The first kappa shape index (κ1) is 85.2. The molecule has 8 aromatic rings. The topological polar surface area (TPSA) is 262 Å². The van der Waals surface area contributed by atoms with E-state index in [9.17, 15) is 43.5 Å². The molecule has 2 fully saturated rings. The number of aliphatic carboxylic acids is 1. The van der Waals surface area contributed by atoms with Crippen molar-refractivity contribution in [3.63, 3.8) is 0 Å². The first-order chi connectivity index (χ1) is 45.9. The summed E-state index contributed by atoms with van der Waals surface area (Å²) in [6, 6.07) is 71.9. The molecule has 6 N–H and O–H groups in total. The second-order valence-electron chi connectivity index (χ2n) is 24.2. The van der Waals surface area contributed by atoms with Crippen LogP contribution in [0.1, 0.15) is 93.5 Å². The minimum atomic E-state index is -1.04. The Kier molecular flexibility index (Phi) is 37.0. The zero-order valence-electron chi connectivity index (χ0n) is 54.4. The molecule has 0 spiro atoms. The molecule has 2 aliphatic heterocycles. The van der Waals surface area contributed by atoms with Crippen LogP contribution in [0.2, 0.25) is 0 Å². The fourth-order valence-electron chi connectivity index (χ4n) is 10.6. The van der Waals surface area contributed by atoms with Gasteiger partial charge in [0.05, 0.1) is 43.3 Å². The molecule has 8 atom stereocenters. The SMILES string of the molecule is C.C.C.CC1(C(=O)[C@@H](N)Cc2ccccc2)CO1.CC1(C(=O)[C@H](Cc2ccccc2)NC(=O)C(CC(=O)[C@@H](Cc2ccccc2)NC(=O)OCc2ccccc2)Cc2ccccc2)CO1.O=C(N[C@H](Cc1ccccc1)C(=O)CC(Cc1ccccc1)C(=O)O)OCc1ccccc1.[V].[V]. The number of nitrogens with one attached hydrogen (secondary N) is 3. The van der Waals surface area contributed by atoms with Gasteiger partial charge in [-0.1, -0.05) is 265 Å². The van der Waals surface area contributed by atoms with Crippen molar-refractivity contribution in [2.45, 2.75) is 136 Å². The number of carboxylic acids is 1. The van der Waals surface area contributed by atoms with Crippen molar-refractivity contribution in [3.05, 3.63) is 287 Å². The monoisotopic (exact) mass is 1430 g/mol. The molecule has 2 saturated heterocycles. The van der Waals surface area contributed by atoms with Crippen molar-refractivity contribution in [1.82, 2.24) is 16.0 Å². The van der Waals surface area contributed by atoms with Gasteiger partial charge in [0.2, 0.25) is 5.91 Å². The number of benzene rings is 8. The van der Waals surface area contributed by atoms with Gasteiger partial charge in [0.15, 0.2) is 23.1 Å². The number of epoxide rings is 2. The van der Waals surface area contributed by atoms with Gasteiger partial charge in [-0.25, -0.2) is 9.59 Å². The number of carbonyl (C=O) groups is 8. The minimum Gasteiger partial charge on any atom is -0.481 e. The van der Waals surface area contributed by atoms with Crippen molar-refractivity contribution in [2.24, 2.45) is 17.6 Å².